The summed E-state index contributed by atoms with van der Waals surface area (Å²) in [6, 6.07) is 12.7. The molecule has 0 atom stereocenters. The number of rotatable bonds is 3. The summed E-state index contributed by atoms with van der Waals surface area (Å²) >= 11 is 3.46. The third-order valence-electron chi connectivity index (χ3n) is 2.54. The van der Waals surface area contributed by atoms with Crippen LogP contribution in [-0.4, -0.2) is 0 Å². The molecule has 1 N–H and O–H groups in total. The molecule has 2 aromatic rings. The van der Waals surface area contributed by atoms with Crippen LogP contribution in [0.5, 0.6) is 0 Å². The lowest BCUT2D eigenvalue weighted by Gasteiger charge is -2.08. The molecule has 2 aromatic carbocycles. The lowest BCUT2D eigenvalue weighted by atomic mass is 10.2. The number of hydrogen-bond donors (Lipinski definition) is 1. The zero-order valence-corrected chi connectivity index (χ0v) is 11.1. The van der Waals surface area contributed by atoms with Crippen LogP contribution in [0.1, 0.15) is 11.1 Å². The zero-order chi connectivity index (χ0) is 12.3. The Morgan fingerprint density at radius 1 is 1.18 bits per heavy atom. The molecule has 0 amide bonds. The van der Waals surface area contributed by atoms with E-state index in [-0.39, 0.29) is 5.82 Å². The quantitative estimate of drug-likeness (QED) is 0.878. The molecular formula is C14H13BrFN. The molecule has 0 aliphatic rings. The van der Waals surface area contributed by atoms with Crippen molar-refractivity contribution in [1.82, 2.24) is 0 Å². The number of anilines is 1. The van der Waals surface area contributed by atoms with E-state index in [0.29, 0.717) is 6.54 Å². The summed E-state index contributed by atoms with van der Waals surface area (Å²) in [4.78, 5) is 0. The summed E-state index contributed by atoms with van der Waals surface area (Å²) < 4.78 is 14.1. The van der Waals surface area contributed by atoms with Crippen molar-refractivity contribution in [3.05, 3.63) is 63.9 Å². The van der Waals surface area contributed by atoms with Crippen LogP contribution in [0.15, 0.2) is 46.9 Å². The highest BCUT2D eigenvalue weighted by molar-refractivity contribution is 9.10. The molecule has 0 unspecified atom stereocenters. The van der Waals surface area contributed by atoms with Crippen LogP contribution in [0.25, 0.3) is 0 Å². The molecule has 0 heterocycles. The number of nitrogens with one attached hydrogen (secondary N) is 1. The molecule has 0 bridgehead atoms. The second-order valence-electron chi connectivity index (χ2n) is 3.95. The molecule has 88 valence electrons. The molecule has 0 aliphatic carbocycles. The van der Waals surface area contributed by atoms with Gasteiger partial charge in [-0.2, -0.15) is 0 Å². The molecule has 0 saturated carbocycles. The van der Waals surface area contributed by atoms with E-state index in [4.69, 9.17) is 0 Å². The number of halogens is 2. The average Bonchev–Trinajstić information content (AvgIpc) is 2.31. The van der Waals surface area contributed by atoms with Crippen molar-refractivity contribution < 1.29 is 4.39 Å². The fourth-order valence-corrected chi connectivity index (χ4v) is 1.85. The Morgan fingerprint density at radius 2 is 2.00 bits per heavy atom. The van der Waals surface area contributed by atoms with Crippen LogP contribution in [0.2, 0.25) is 0 Å². The Bertz CT molecular complexity index is 525. The van der Waals surface area contributed by atoms with E-state index < -0.39 is 0 Å². The van der Waals surface area contributed by atoms with Gasteiger partial charge in [0, 0.05) is 16.7 Å². The van der Waals surface area contributed by atoms with Gasteiger partial charge in [0.05, 0.1) is 0 Å². The summed E-state index contributed by atoms with van der Waals surface area (Å²) in [5.74, 6) is -0.198. The van der Waals surface area contributed by atoms with Crippen molar-refractivity contribution in [3.63, 3.8) is 0 Å². The molecule has 0 radical (unpaired) electrons. The Balaban J connectivity index is 2.05. The van der Waals surface area contributed by atoms with E-state index in [1.165, 1.54) is 11.6 Å². The number of hydrogen-bond acceptors (Lipinski definition) is 1. The van der Waals surface area contributed by atoms with E-state index in [1.807, 2.05) is 25.1 Å². The first-order valence-corrected chi connectivity index (χ1v) is 6.19. The maximum absolute atomic E-state index is 13.0. The third kappa shape index (κ3) is 3.30. The minimum atomic E-state index is -0.198. The Kier molecular flexibility index (Phi) is 3.79. The highest BCUT2D eigenvalue weighted by Crippen LogP contribution is 2.20. The fraction of sp³-hybridized carbons (Fsp3) is 0.143. The van der Waals surface area contributed by atoms with Gasteiger partial charge in [0.1, 0.15) is 5.82 Å². The first-order chi connectivity index (χ1) is 8.15. The molecule has 1 nitrogen and oxygen atoms in total. The van der Waals surface area contributed by atoms with Crippen molar-refractivity contribution in [1.29, 1.82) is 0 Å². The van der Waals surface area contributed by atoms with Gasteiger partial charge in [-0.05, 0) is 48.4 Å². The standard InChI is InChI=1S/C14H13BrFN/c1-10-7-13(5-6-14(10)15)17-9-11-3-2-4-12(16)8-11/h2-8,17H,9H2,1H3. The Morgan fingerprint density at radius 3 is 2.71 bits per heavy atom. The van der Waals surface area contributed by atoms with Gasteiger partial charge >= 0.3 is 0 Å². The summed E-state index contributed by atoms with van der Waals surface area (Å²) in [5, 5.41) is 3.27. The first-order valence-electron chi connectivity index (χ1n) is 5.39. The highest BCUT2D eigenvalue weighted by Gasteiger charge is 1.98. The molecule has 0 aliphatic heterocycles. The second kappa shape index (κ2) is 5.32. The molecule has 17 heavy (non-hydrogen) atoms. The van der Waals surface area contributed by atoms with Gasteiger partial charge < -0.3 is 5.32 Å². The SMILES string of the molecule is Cc1cc(NCc2cccc(F)c2)ccc1Br. The van der Waals surface area contributed by atoms with Crippen LogP contribution in [0.3, 0.4) is 0 Å². The molecule has 0 aromatic heterocycles. The normalized spacial score (nSPS) is 10.3. The van der Waals surface area contributed by atoms with Crippen LogP contribution < -0.4 is 5.32 Å². The van der Waals surface area contributed by atoms with Gasteiger partial charge in [0.15, 0.2) is 0 Å². The average molecular weight is 294 g/mol. The van der Waals surface area contributed by atoms with Crippen LogP contribution in [0, 0.1) is 12.7 Å². The van der Waals surface area contributed by atoms with Gasteiger partial charge in [0.25, 0.3) is 0 Å². The predicted octanol–water partition coefficient (Wildman–Crippen LogP) is 4.51. The fourth-order valence-electron chi connectivity index (χ4n) is 1.61. The molecule has 0 saturated heterocycles. The summed E-state index contributed by atoms with van der Waals surface area (Å²) in [6.45, 7) is 2.66. The summed E-state index contributed by atoms with van der Waals surface area (Å²) in [7, 11) is 0. The second-order valence-corrected chi connectivity index (χ2v) is 4.80. The molecule has 2 rings (SSSR count). The van der Waals surface area contributed by atoms with Gasteiger partial charge in [-0.3, -0.25) is 0 Å². The first kappa shape index (κ1) is 12.1. The summed E-state index contributed by atoms with van der Waals surface area (Å²) in [5.41, 5.74) is 3.15. The predicted molar refractivity (Wildman–Crippen MR) is 72.6 cm³/mol. The van der Waals surface area contributed by atoms with Crippen molar-refractivity contribution >= 4 is 21.6 Å². The summed E-state index contributed by atoms with van der Waals surface area (Å²) in [6.07, 6.45) is 0. The van der Waals surface area contributed by atoms with Gasteiger partial charge in [0.2, 0.25) is 0 Å². The topological polar surface area (TPSA) is 12.0 Å². The van der Waals surface area contributed by atoms with Crippen LogP contribution in [0.4, 0.5) is 10.1 Å². The van der Waals surface area contributed by atoms with Crippen molar-refractivity contribution in [2.45, 2.75) is 13.5 Å². The third-order valence-corrected chi connectivity index (χ3v) is 3.43. The molecule has 3 heteroatoms. The monoisotopic (exact) mass is 293 g/mol. The molecule has 0 fully saturated rings. The van der Waals surface area contributed by atoms with Gasteiger partial charge in [-0.15, -0.1) is 0 Å². The van der Waals surface area contributed by atoms with Crippen LogP contribution in [-0.2, 0) is 6.54 Å². The lowest BCUT2D eigenvalue weighted by molar-refractivity contribution is 0.626. The van der Waals surface area contributed by atoms with E-state index in [2.05, 4.69) is 27.3 Å². The smallest absolute Gasteiger partial charge is 0.123 e. The lowest BCUT2D eigenvalue weighted by Crippen LogP contribution is -1.99. The van der Waals surface area contributed by atoms with Gasteiger partial charge in [-0.1, -0.05) is 28.1 Å². The number of aryl methyl sites for hydroxylation is 1. The Labute approximate surface area is 109 Å². The van der Waals surface area contributed by atoms with E-state index >= 15 is 0 Å². The minimum Gasteiger partial charge on any atom is -0.381 e. The van der Waals surface area contributed by atoms with E-state index in [0.717, 1.165) is 15.7 Å². The van der Waals surface area contributed by atoms with Gasteiger partial charge in [-0.25, -0.2) is 4.39 Å². The molecular weight excluding hydrogens is 281 g/mol. The number of benzene rings is 2. The molecule has 0 spiro atoms. The van der Waals surface area contributed by atoms with E-state index in [1.54, 1.807) is 12.1 Å². The highest BCUT2D eigenvalue weighted by atomic mass is 79.9. The largest absolute Gasteiger partial charge is 0.381 e. The maximum atomic E-state index is 13.0. The van der Waals surface area contributed by atoms with Crippen molar-refractivity contribution in [2.75, 3.05) is 5.32 Å². The Hall–Kier alpha value is -1.35. The zero-order valence-electron chi connectivity index (χ0n) is 9.50. The minimum absolute atomic E-state index is 0.198. The van der Waals surface area contributed by atoms with Crippen molar-refractivity contribution in [3.8, 4) is 0 Å². The van der Waals surface area contributed by atoms with Crippen LogP contribution >= 0.6 is 15.9 Å². The van der Waals surface area contributed by atoms with E-state index in [9.17, 15) is 4.39 Å². The van der Waals surface area contributed by atoms with Crippen molar-refractivity contribution in [2.24, 2.45) is 0 Å². The maximum Gasteiger partial charge on any atom is 0.123 e.